The number of carbonyl (C=O) groups is 1. The van der Waals surface area contributed by atoms with Crippen LogP contribution in [-0.2, 0) is 19.7 Å². The Morgan fingerprint density at radius 3 is 1.75 bits per heavy atom. The fraction of sp³-hybridized carbons (Fsp3) is 0.875. The Labute approximate surface area is 72.4 Å². The Balaban J connectivity index is 3.90. The largest absolute Gasteiger partial charge is 0.376 e. The molecule has 71 valence electrons. The lowest BCUT2D eigenvalue weighted by molar-refractivity contribution is -0.330. The first-order valence-electron chi connectivity index (χ1n) is 3.73. The molecule has 0 rings (SSSR count). The van der Waals surface area contributed by atoms with Crippen LogP contribution in [0.1, 0.15) is 34.6 Å². The van der Waals surface area contributed by atoms with E-state index in [-0.39, 0.29) is 0 Å². The molecule has 0 saturated heterocycles. The topological polar surface area (TPSA) is 55.4 Å². The monoisotopic (exact) mass is 175 g/mol. The van der Waals surface area contributed by atoms with Crippen LogP contribution in [0.25, 0.3) is 0 Å². The average molecular weight is 175 g/mol. The van der Waals surface area contributed by atoms with Gasteiger partial charge in [-0.1, -0.05) is 0 Å². The van der Waals surface area contributed by atoms with E-state index >= 15 is 0 Å². The Hall–Kier alpha value is -0.610. The van der Waals surface area contributed by atoms with Gasteiger partial charge in [0.05, 0.1) is 0 Å². The summed E-state index contributed by atoms with van der Waals surface area (Å²) < 4.78 is 0. The zero-order valence-electron chi connectivity index (χ0n) is 8.13. The molecule has 4 nitrogen and oxygen atoms in total. The first-order valence-corrected chi connectivity index (χ1v) is 3.73. The second-order valence-corrected chi connectivity index (χ2v) is 4.08. The normalized spacial score (nSPS) is 12.8. The molecule has 0 fully saturated rings. The highest BCUT2D eigenvalue weighted by Crippen LogP contribution is 2.11. The van der Waals surface area contributed by atoms with Crippen molar-refractivity contribution in [3.63, 3.8) is 0 Å². The fourth-order valence-electron chi connectivity index (χ4n) is 0.263. The van der Waals surface area contributed by atoms with Crippen molar-refractivity contribution in [1.82, 2.24) is 0 Å². The molecule has 0 aliphatic rings. The number of hydrogen-bond acceptors (Lipinski definition) is 3. The van der Waals surface area contributed by atoms with E-state index < -0.39 is 17.2 Å². The summed E-state index contributed by atoms with van der Waals surface area (Å²) in [5.41, 5.74) is -2.34. The molecule has 0 saturated carbocycles. The van der Waals surface area contributed by atoms with Crippen LogP contribution in [0, 0.1) is 0 Å². The van der Waals surface area contributed by atoms with Gasteiger partial charge in [-0.05, 0) is 34.6 Å². The van der Waals surface area contributed by atoms with E-state index in [4.69, 9.17) is 0 Å². The molecule has 0 heterocycles. The van der Waals surface area contributed by atoms with Gasteiger partial charge in [0.15, 0.2) is 5.60 Å². The maximum absolute atomic E-state index is 11.0. The molecule has 0 aliphatic carbocycles. The molecule has 0 N–H and O–H groups in total. The van der Waals surface area contributed by atoms with Crippen molar-refractivity contribution in [2.45, 2.75) is 45.8 Å². The number of hydrogen-bond donors (Lipinski definition) is 0. The summed E-state index contributed by atoms with van der Waals surface area (Å²) >= 11 is 0. The van der Waals surface area contributed by atoms with E-state index in [1.54, 1.807) is 20.8 Å². The van der Waals surface area contributed by atoms with Gasteiger partial charge in [-0.15, -0.1) is 0 Å². The van der Waals surface area contributed by atoms with Crippen LogP contribution >= 0.6 is 0 Å². The standard InChI is InChI=1S/C8H15O4/c1-7(2,3)12-11-6(9)8(4,5)10/h1-5H3. The van der Waals surface area contributed by atoms with Crippen molar-refractivity contribution in [2.75, 3.05) is 0 Å². The van der Waals surface area contributed by atoms with Gasteiger partial charge in [-0.2, -0.15) is 4.89 Å². The van der Waals surface area contributed by atoms with Crippen LogP contribution in [0.15, 0.2) is 0 Å². The predicted octanol–water partition coefficient (Wildman–Crippen LogP) is 1.47. The van der Waals surface area contributed by atoms with Gasteiger partial charge >= 0.3 is 5.97 Å². The van der Waals surface area contributed by atoms with Gasteiger partial charge in [0, 0.05) is 0 Å². The molecule has 0 atom stereocenters. The van der Waals surface area contributed by atoms with Crippen LogP contribution in [0.5, 0.6) is 0 Å². The molecular formula is C8H15O4. The lowest BCUT2D eigenvalue weighted by Gasteiger charge is -2.19. The summed E-state index contributed by atoms with van der Waals surface area (Å²) in [6.45, 7) is 7.61. The molecular weight excluding hydrogens is 160 g/mol. The lowest BCUT2D eigenvalue weighted by Crippen LogP contribution is -2.34. The molecule has 0 unspecified atom stereocenters. The molecule has 0 aromatic carbocycles. The molecule has 0 aromatic heterocycles. The van der Waals surface area contributed by atoms with Crippen LogP contribution in [0.3, 0.4) is 0 Å². The Bertz CT molecular complexity index is 161. The summed E-state index contributed by atoms with van der Waals surface area (Å²) in [6, 6.07) is 0. The predicted molar refractivity (Wildman–Crippen MR) is 41.7 cm³/mol. The quantitative estimate of drug-likeness (QED) is 0.471. The van der Waals surface area contributed by atoms with E-state index in [1.165, 1.54) is 13.8 Å². The zero-order chi connectivity index (χ0) is 9.99. The number of rotatable bonds is 2. The number of carbonyl (C=O) groups excluding carboxylic acids is 1. The second kappa shape index (κ2) is 3.41. The molecule has 12 heavy (non-hydrogen) atoms. The van der Waals surface area contributed by atoms with E-state index in [0.29, 0.717) is 0 Å². The summed E-state index contributed by atoms with van der Waals surface area (Å²) in [5, 5.41) is 11.0. The molecule has 1 radical (unpaired) electrons. The fourth-order valence-corrected chi connectivity index (χ4v) is 0.263. The molecule has 0 bridgehead atoms. The minimum Gasteiger partial charge on any atom is -0.294 e. The molecule has 0 amide bonds. The Kier molecular flexibility index (Phi) is 3.24. The van der Waals surface area contributed by atoms with Crippen LogP contribution in [0.4, 0.5) is 0 Å². The van der Waals surface area contributed by atoms with E-state index in [2.05, 4.69) is 9.78 Å². The third-order valence-electron chi connectivity index (χ3n) is 0.859. The molecule has 0 aromatic rings. The van der Waals surface area contributed by atoms with E-state index in [0.717, 1.165) is 0 Å². The smallest absolute Gasteiger partial charge is 0.294 e. The highest BCUT2D eigenvalue weighted by Gasteiger charge is 2.30. The Morgan fingerprint density at radius 1 is 1.08 bits per heavy atom. The summed E-state index contributed by atoms with van der Waals surface area (Å²) in [6.07, 6.45) is 0. The SMILES string of the molecule is CC(C)(C)OOC(=O)C(C)(C)[O]. The van der Waals surface area contributed by atoms with Crippen LogP contribution in [-0.4, -0.2) is 17.2 Å². The van der Waals surface area contributed by atoms with E-state index in [1.807, 2.05) is 0 Å². The van der Waals surface area contributed by atoms with Gasteiger partial charge in [0.25, 0.3) is 0 Å². The van der Waals surface area contributed by atoms with Gasteiger partial charge in [-0.3, -0.25) is 4.89 Å². The van der Waals surface area contributed by atoms with Crippen molar-refractivity contribution in [2.24, 2.45) is 0 Å². The van der Waals surface area contributed by atoms with Gasteiger partial charge in [0.2, 0.25) is 0 Å². The minimum absolute atomic E-state index is 0.582. The van der Waals surface area contributed by atoms with E-state index in [9.17, 15) is 9.90 Å². The summed E-state index contributed by atoms with van der Waals surface area (Å²) in [4.78, 5) is 19.8. The first-order chi connectivity index (χ1) is 5.13. The highest BCUT2D eigenvalue weighted by molar-refractivity contribution is 5.77. The van der Waals surface area contributed by atoms with Crippen molar-refractivity contribution in [1.29, 1.82) is 0 Å². The summed E-state index contributed by atoms with van der Waals surface area (Å²) in [5.74, 6) is -0.905. The Morgan fingerprint density at radius 2 is 1.50 bits per heavy atom. The molecule has 0 aliphatic heterocycles. The van der Waals surface area contributed by atoms with Crippen molar-refractivity contribution < 1.29 is 19.7 Å². The third kappa shape index (κ3) is 5.09. The van der Waals surface area contributed by atoms with Crippen LogP contribution in [0.2, 0.25) is 0 Å². The zero-order valence-corrected chi connectivity index (χ0v) is 8.13. The van der Waals surface area contributed by atoms with Gasteiger partial charge in [0.1, 0.15) is 5.60 Å². The third-order valence-corrected chi connectivity index (χ3v) is 0.859. The highest BCUT2D eigenvalue weighted by atomic mass is 17.2. The summed E-state index contributed by atoms with van der Waals surface area (Å²) in [7, 11) is 0. The molecule has 4 heteroatoms. The van der Waals surface area contributed by atoms with Crippen LogP contribution < -0.4 is 0 Å². The lowest BCUT2D eigenvalue weighted by atomic mass is 10.1. The second-order valence-electron chi connectivity index (χ2n) is 4.08. The van der Waals surface area contributed by atoms with Crippen molar-refractivity contribution in [3.8, 4) is 0 Å². The van der Waals surface area contributed by atoms with Gasteiger partial charge in [-0.25, -0.2) is 9.90 Å². The minimum atomic E-state index is -1.76. The van der Waals surface area contributed by atoms with Crippen molar-refractivity contribution >= 4 is 5.97 Å². The average Bonchev–Trinajstić information content (AvgIpc) is 1.78. The van der Waals surface area contributed by atoms with Gasteiger partial charge < -0.3 is 0 Å². The van der Waals surface area contributed by atoms with Crippen molar-refractivity contribution in [3.05, 3.63) is 0 Å². The maximum Gasteiger partial charge on any atom is 0.376 e. The molecule has 0 spiro atoms. The maximum atomic E-state index is 11.0. The first kappa shape index (κ1) is 11.4.